The Balaban J connectivity index is 1.69. The van der Waals surface area contributed by atoms with Crippen LogP contribution in [0.1, 0.15) is 24.3 Å². The molecule has 1 saturated heterocycles. The molecule has 1 aliphatic rings. The summed E-state index contributed by atoms with van der Waals surface area (Å²) in [6, 6.07) is 9.72. The highest BCUT2D eigenvalue weighted by Gasteiger charge is 2.23. The van der Waals surface area contributed by atoms with Crippen LogP contribution in [0.5, 0.6) is 0 Å². The summed E-state index contributed by atoms with van der Waals surface area (Å²) >= 11 is 8.03. The van der Waals surface area contributed by atoms with Crippen molar-refractivity contribution in [2.24, 2.45) is 0 Å². The van der Waals surface area contributed by atoms with Crippen molar-refractivity contribution in [3.63, 3.8) is 0 Å². The van der Waals surface area contributed by atoms with Crippen molar-refractivity contribution >= 4 is 29.3 Å². The lowest BCUT2D eigenvalue weighted by Gasteiger charge is -2.19. The van der Waals surface area contributed by atoms with Crippen LogP contribution in [0, 0.1) is 6.92 Å². The average molecular weight is 376 g/mol. The van der Waals surface area contributed by atoms with E-state index in [2.05, 4.69) is 20.3 Å². The topological polar surface area (TPSA) is 60.0 Å². The molecule has 0 saturated carbocycles. The van der Waals surface area contributed by atoms with E-state index in [1.54, 1.807) is 11.8 Å². The van der Waals surface area contributed by atoms with Gasteiger partial charge < -0.3 is 9.42 Å². The lowest BCUT2D eigenvalue weighted by atomic mass is 10.3. The minimum absolute atomic E-state index is 0.667. The van der Waals surface area contributed by atoms with E-state index in [4.69, 9.17) is 16.1 Å². The maximum absolute atomic E-state index is 6.46. The van der Waals surface area contributed by atoms with Crippen LogP contribution in [0.25, 0.3) is 5.69 Å². The SMILES string of the molecule is Cc1cc(CSc2nnc(N3CCCC3)n2-c2ccccc2Cl)no1. The molecule has 4 rings (SSSR count). The van der Waals surface area contributed by atoms with Gasteiger partial charge in [-0.15, -0.1) is 10.2 Å². The second-order valence-corrected chi connectivity index (χ2v) is 7.33. The fraction of sp³-hybridized carbons (Fsp3) is 0.353. The second-order valence-electron chi connectivity index (χ2n) is 5.98. The quantitative estimate of drug-likeness (QED) is 0.625. The number of rotatable bonds is 5. The summed E-state index contributed by atoms with van der Waals surface area (Å²) in [5.41, 5.74) is 1.79. The number of benzene rings is 1. The summed E-state index contributed by atoms with van der Waals surface area (Å²) in [6.07, 6.45) is 2.35. The predicted molar refractivity (Wildman–Crippen MR) is 98.6 cm³/mol. The molecule has 1 aromatic carbocycles. The first-order chi connectivity index (χ1) is 12.2. The van der Waals surface area contributed by atoms with Gasteiger partial charge in [-0.05, 0) is 31.9 Å². The van der Waals surface area contributed by atoms with Crippen LogP contribution in [0.2, 0.25) is 5.02 Å². The van der Waals surface area contributed by atoms with Crippen molar-refractivity contribution < 1.29 is 4.52 Å². The number of nitrogens with zero attached hydrogens (tertiary/aromatic N) is 5. The molecule has 130 valence electrons. The maximum atomic E-state index is 6.46. The molecule has 2 aromatic heterocycles. The zero-order valence-corrected chi connectivity index (χ0v) is 15.4. The van der Waals surface area contributed by atoms with Gasteiger partial charge in [-0.1, -0.05) is 40.7 Å². The zero-order valence-electron chi connectivity index (χ0n) is 13.9. The summed E-state index contributed by atoms with van der Waals surface area (Å²) in [7, 11) is 0. The molecule has 0 spiro atoms. The highest BCUT2D eigenvalue weighted by atomic mass is 35.5. The van der Waals surface area contributed by atoms with Crippen LogP contribution in [0.3, 0.4) is 0 Å². The fourth-order valence-electron chi connectivity index (χ4n) is 2.95. The van der Waals surface area contributed by atoms with E-state index in [0.29, 0.717) is 10.8 Å². The van der Waals surface area contributed by atoms with Gasteiger partial charge >= 0.3 is 0 Å². The molecular formula is C17H18ClN5OS. The first kappa shape index (κ1) is 16.5. The number of para-hydroxylation sites is 1. The molecule has 0 amide bonds. The largest absolute Gasteiger partial charge is 0.361 e. The van der Waals surface area contributed by atoms with Gasteiger partial charge in [0.25, 0.3) is 0 Å². The van der Waals surface area contributed by atoms with Gasteiger partial charge in [0.2, 0.25) is 5.95 Å². The second kappa shape index (κ2) is 7.09. The Kier molecular flexibility index (Phi) is 4.67. The van der Waals surface area contributed by atoms with Crippen LogP contribution in [-0.2, 0) is 5.75 Å². The minimum Gasteiger partial charge on any atom is -0.361 e. The van der Waals surface area contributed by atoms with Crippen LogP contribution < -0.4 is 4.90 Å². The minimum atomic E-state index is 0.667. The molecule has 0 atom stereocenters. The van der Waals surface area contributed by atoms with Crippen LogP contribution >= 0.6 is 23.4 Å². The Morgan fingerprint density at radius 3 is 2.72 bits per heavy atom. The molecule has 6 nitrogen and oxygen atoms in total. The normalized spacial score (nSPS) is 14.4. The summed E-state index contributed by atoms with van der Waals surface area (Å²) < 4.78 is 7.18. The third-order valence-electron chi connectivity index (χ3n) is 4.12. The third kappa shape index (κ3) is 3.39. The lowest BCUT2D eigenvalue weighted by Crippen LogP contribution is -2.22. The van der Waals surface area contributed by atoms with Crippen LogP contribution in [0.4, 0.5) is 5.95 Å². The van der Waals surface area contributed by atoms with Gasteiger partial charge in [0.05, 0.1) is 16.4 Å². The average Bonchev–Trinajstić information content (AvgIpc) is 3.33. The number of hydrogen-bond donors (Lipinski definition) is 0. The molecule has 0 N–H and O–H groups in total. The van der Waals surface area contributed by atoms with Gasteiger partial charge in [0, 0.05) is 24.9 Å². The zero-order chi connectivity index (χ0) is 17.2. The van der Waals surface area contributed by atoms with Gasteiger partial charge in [0.15, 0.2) is 5.16 Å². The Hall–Kier alpha value is -1.99. The Bertz CT molecular complexity index is 872. The Morgan fingerprint density at radius 2 is 2.00 bits per heavy atom. The van der Waals surface area contributed by atoms with Crippen LogP contribution in [-0.4, -0.2) is 33.0 Å². The summed E-state index contributed by atoms with van der Waals surface area (Å²) in [4.78, 5) is 2.26. The first-order valence-corrected chi connectivity index (χ1v) is 9.59. The smallest absolute Gasteiger partial charge is 0.232 e. The third-order valence-corrected chi connectivity index (χ3v) is 5.41. The molecule has 1 fully saturated rings. The lowest BCUT2D eigenvalue weighted by molar-refractivity contribution is 0.393. The predicted octanol–water partition coefficient (Wildman–Crippen LogP) is 4.11. The molecule has 3 heterocycles. The molecule has 0 unspecified atom stereocenters. The van der Waals surface area contributed by atoms with E-state index in [0.717, 1.165) is 41.3 Å². The summed E-state index contributed by atoms with van der Waals surface area (Å²) in [5, 5.41) is 14.4. The van der Waals surface area contributed by atoms with E-state index in [1.807, 2.05) is 41.8 Å². The number of aromatic nitrogens is 4. The molecule has 8 heteroatoms. The Labute approximate surface area is 155 Å². The number of aryl methyl sites for hydroxylation is 1. The number of anilines is 1. The maximum Gasteiger partial charge on any atom is 0.232 e. The van der Waals surface area contributed by atoms with Crippen molar-refractivity contribution in [2.75, 3.05) is 18.0 Å². The molecule has 0 radical (unpaired) electrons. The van der Waals surface area contributed by atoms with Crippen molar-refractivity contribution in [2.45, 2.75) is 30.7 Å². The molecular weight excluding hydrogens is 358 g/mol. The van der Waals surface area contributed by atoms with Gasteiger partial charge in [-0.2, -0.15) is 0 Å². The van der Waals surface area contributed by atoms with E-state index >= 15 is 0 Å². The monoisotopic (exact) mass is 375 g/mol. The highest BCUT2D eigenvalue weighted by Crippen LogP contribution is 2.32. The van der Waals surface area contributed by atoms with Gasteiger partial charge in [-0.25, -0.2) is 0 Å². The Morgan fingerprint density at radius 1 is 1.20 bits per heavy atom. The van der Waals surface area contributed by atoms with E-state index in [9.17, 15) is 0 Å². The fourth-order valence-corrected chi connectivity index (χ4v) is 3.99. The molecule has 1 aliphatic heterocycles. The summed E-state index contributed by atoms with van der Waals surface area (Å²) in [6.45, 7) is 3.88. The van der Waals surface area contributed by atoms with Gasteiger partial charge in [0.1, 0.15) is 5.76 Å². The number of thioether (sulfide) groups is 1. The number of halogens is 1. The molecule has 0 bridgehead atoms. The summed E-state index contributed by atoms with van der Waals surface area (Å²) in [5.74, 6) is 2.32. The van der Waals surface area contributed by atoms with Crippen LogP contribution in [0.15, 0.2) is 40.0 Å². The van der Waals surface area contributed by atoms with Crippen molar-refractivity contribution in [1.29, 1.82) is 0 Å². The first-order valence-electron chi connectivity index (χ1n) is 8.22. The standard InChI is InChI=1S/C17H18ClN5OS/c1-12-10-13(21-24-12)11-25-17-20-19-16(22-8-4-5-9-22)23(17)15-7-3-2-6-14(15)18/h2-3,6-7,10H,4-5,8-9,11H2,1H3. The molecule has 25 heavy (non-hydrogen) atoms. The van der Waals surface area contributed by atoms with Gasteiger partial charge in [-0.3, -0.25) is 4.57 Å². The number of hydrogen-bond acceptors (Lipinski definition) is 6. The van der Waals surface area contributed by atoms with Crippen molar-refractivity contribution in [3.8, 4) is 5.69 Å². The van der Waals surface area contributed by atoms with Crippen molar-refractivity contribution in [3.05, 3.63) is 46.8 Å². The van der Waals surface area contributed by atoms with E-state index in [1.165, 1.54) is 12.8 Å². The molecule has 3 aromatic rings. The highest BCUT2D eigenvalue weighted by molar-refractivity contribution is 7.98. The molecule has 0 aliphatic carbocycles. The van der Waals surface area contributed by atoms with E-state index in [-0.39, 0.29) is 0 Å². The van der Waals surface area contributed by atoms with E-state index < -0.39 is 0 Å². The van der Waals surface area contributed by atoms with Crippen molar-refractivity contribution in [1.82, 2.24) is 19.9 Å².